The van der Waals surface area contributed by atoms with Gasteiger partial charge in [-0.15, -0.1) is 0 Å². The zero-order valence-corrected chi connectivity index (χ0v) is 10.7. The highest BCUT2D eigenvalue weighted by atomic mass is 16.5. The Kier molecular flexibility index (Phi) is 4.37. The molecule has 96 valence electrons. The number of nitrogens with zero attached hydrogens (tertiary/aromatic N) is 2. The van der Waals surface area contributed by atoms with Crippen molar-refractivity contribution in [1.82, 2.24) is 9.78 Å². The molecular weight excluding hydrogens is 220 g/mol. The fraction of sp³-hybridized carbons (Fsp3) is 0.636. The molecule has 3 N–H and O–H groups in total. The van der Waals surface area contributed by atoms with Crippen LogP contribution in [0, 0.1) is 5.92 Å². The van der Waals surface area contributed by atoms with Crippen LogP contribution in [0.3, 0.4) is 0 Å². The van der Waals surface area contributed by atoms with Crippen molar-refractivity contribution < 1.29 is 9.53 Å². The molecule has 0 aliphatic carbocycles. The molecule has 6 heteroatoms. The Balaban J connectivity index is 2.78. The third kappa shape index (κ3) is 3.65. The van der Waals surface area contributed by atoms with Crippen LogP contribution >= 0.6 is 0 Å². The number of rotatable bonds is 5. The summed E-state index contributed by atoms with van der Waals surface area (Å²) in [5.41, 5.74) is 6.28. The van der Waals surface area contributed by atoms with Gasteiger partial charge in [0, 0.05) is 13.2 Å². The fourth-order valence-electron chi connectivity index (χ4n) is 1.61. The van der Waals surface area contributed by atoms with Gasteiger partial charge in [0.05, 0.1) is 12.8 Å². The molecule has 17 heavy (non-hydrogen) atoms. The number of hydrogen-bond acceptors (Lipinski definition) is 5. The number of carbonyl (C=O) groups excluding carboxylic acids is 1. The molecular formula is C11H20N4O2. The van der Waals surface area contributed by atoms with Gasteiger partial charge in [0.15, 0.2) is 5.82 Å². The minimum atomic E-state index is -0.419. The van der Waals surface area contributed by atoms with Crippen molar-refractivity contribution in [2.45, 2.75) is 26.3 Å². The third-order valence-corrected chi connectivity index (χ3v) is 2.36. The quantitative estimate of drug-likeness (QED) is 0.750. The smallest absolute Gasteiger partial charge is 0.328 e. The number of aromatic nitrogens is 2. The molecule has 0 aromatic carbocycles. The maximum absolute atomic E-state index is 11.6. The molecule has 6 nitrogen and oxygen atoms in total. The zero-order chi connectivity index (χ0) is 13.0. The predicted molar refractivity (Wildman–Crippen MR) is 66.5 cm³/mol. The average Bonchev–Trinajstić information content (AvgIpc) is 2.54. The largest absolute Gasteiger partial charge is 0.467 e. The van der Waals surface area contributed by atoms with Crippen LogP contribution in [0.15, 0.2) is 6.20 Å². The molecule has 1 heterocycles. The first-order valence-electron chi connectivity index (χ1n) is 5.57. The molecule has 0 bridgehead atoms. The van der Waals surface area contributed by atoms with Gasteiger partial charge in [0.1, 0.15) is 6.04 Å². The second kappa shape index (κ2) is 5.56. The number of nitrogens with two attached hydrogens (primary N) is 1. The Hall–Kier alpha value is -1.72. The van der Waals surface area contributed by atoms with Crippen molar-refractivity contribution in [3.05, 3.63) is 6.20 Å². The van der Waals surface area contributed by atoms with Crippen molar-refractivity contribution in [2.75, 3.05) is 18.2 Å². The van der Waals surface area contributed by atoms with E-state index in [4.69, 9.17) is 10.5 Å². The van der Waals surface area contributed by atoms with Crippen molar-refractivity contribution in [3.8, 4) is 0 Å². The lowest BCUT2D eigenvalue weighted by molar-refractivity contribution is -0.141. The molecule has 1 atom stereocenters. The summed E-state index contributed by atoms with van der Waals surface area (Å²) in [5, 5.41) is 7.17. The van der Waals surface area contributed by atoms with Crippen molar-refractivity contribution in [2.24, 2.45) is 13.0 Å². The number of carbonyl (C=O) groups is 1. The zero-order valence-electron chi connectivity index (χ0n) is 10.7. The van der Waals surface area contributed by atoms with E-state index in [1.807, 2.05) is 13.8 Å². The summed E-state index contributed by atoms with van der Waals surface area (Å²) in [6.07, 6.45) is 2.36. The van der Waals surface area contributed by atoms with E-state index in [2.05, 4.69) is 10.4 Å². The third-order valence-electron chi connectivity index (χ3n) is 2.36. The first kappa shape index (κ1) is 13.3. The predicted octanol–water partition coefficient (Wildman–Crippen LogP) is 1.00. The number of nitrogen functional groups attached to an aromatic ring is 1. The van der Waals surface area contributed by atoms with Gasteiger partial charge >= 0.3 is 5.97 Å². The van der Waals surface area contributed by atoms with Crippen LogP contribution in [-0.2, 0) is 16.6 Å². The topological polar surface area (TPSA) is 82.2 Å². The minimum Gasteiger partial charge on any atom is -0.467 e. The second-order valence-electron chi connectivity index (χ2n) is 4.46. The van der Waals surface area contributed by atoms with Crippen molar-refractivity contribution in [3.63, 3.8) is 0 Å². The molecule has 1 aromatic rings. The maximum atomic E-state index is 11.6. The number of nitrogens with one attached hydrogen (secondary N) is 1. The van der Waals surface area contributed by atoms with Crippen LogP contribution in [-0.4, -0.2) is 28.9 Å². The van der Waals surface area contributed by atoms with E-state index in [0.29, 0.717) is 23.8 Å². The highest BCUT2D eigenvalue weighted by Gasteiger charge is 2.22. The van der Waals surface area contributed by atoms with E-state index < -0.39 is 6.04 Å². The lowest BCUT2D eigenvalue weighted by Gasteiger charge is -2.18. The van der Waals surface area contributed by atoms with Gasteiger partial charge in [-0.05, 0) is 12.3 Å². The van der Waals surface area contributed by atoms with Gasteiger partial charge in [-0.2, -0.15) is 5.10 Å². The molecule has 0 fully saturated rings. The van der Waals surface area contributed by atoms with Gasteiger partial charge in [-0.1, -0.05) is 13.8 Å². The molecule has 0 saturated carbocycles. The molecule has 1 rings (SSSR count). The summed E-state index contributed by atoms with van der Waals surface area (Å²) in [6, 6.07) is -0.419. The number of methoxy groups -OCH3 is 1. The van der Waals surface area contributed by atoms with Gasteiger partial charge < -0.3 is 15.8 Å². The fourth-order valence-corrected chi connectivity index (χ4v) is 1.61. The van der Waals surface area contributed by atoms with E-state index in [9.17, 15) is 4.79 Å². The maximum Gasteiger partial charge on any atom is 0.328 e. The summed E-state index contributed by atoms with van der Waals surface area (Å²) in [6.45, 7) is 4.08. The summed E-state index contributed by atoms with van der Waals surface area (Å²) in [4.78, 5) is 11.6. The Morgan fingerprint density at radius 1 is 1.65 bits per heavy atom. The molecule has 0 radical (unpaired) electrons. The van der Waals surface area contributed by atoms with Crippen molar-refractivity contribution >= 4 is 17.5 Å². The number of aryl methyl sites for hydroxylation is 1. The van der Waals surface area contributed by atoms with Crippen LogP contribution in [0.5, 0.6) is 0 Å². The van der Waals surface area contributed by atoms with Gasteiger partial charge in [0.25, 0.3) is 0 Å². The van der Waals surface area contributed by atoms with E-state index >= 15 is 0 Å². The Morgan fingerprint density at radius 3 is 2.71 bits per heavy atom. The molecule has 1 unspecified atom stereocenters. The number of ether oxygens (including phenoxy) is 1. The van der Waals surface area contributed by atoms with Crippen LogP contribution < -0.4 is 11.1 Å². The Bertz CT molecular complexity index is 387. The molecule has 0 amide bonds. The van der Waals surface area contributed by atoms with Gasteiger partial charge in [-0.25, -0.2) is 4.79 Å². The molecule has 1 aromatic heterocycles. The molecule has 0 aliphatic heterocycles. The summed E-state index contributed by atoms with van der Waals surface area (Å²) >= 11 is 0. The highest BCUT2D eigenvalue weighted by Crippen LogP contribution is 2.18. The summed E-state index contributed by atoms with van der Waals surface area (Å²) < 4.78 is 6.35. The Morgan fingerprint density at radius 2 is 2.29 bits per heavy atom. The molecule has 0 spiro atoms. The molecule has 0 saturated heterocycles. The lowest BCUT2D eigenvalue weighted by Crippen LogP contribution is -2.32. The van der Waals surface area contributed by atoms with Crippen molar-refractivity contribution in [1.29, 1.82) is 0 Å². The van der Waals surface area contributed by atoms with Gasteiger partial charge in [-0.3, -0.25) is 4.68 Å². The number of hydrogen-bond donors (Lipinski definition) is 2. The lowest BCUT2D eigenvalue weighted by atomic mass is 10.0. The second-order valence-corrected chi connectivity index (χ2v) is 4.46. The summed E-state index contributed by atoms with van der Waals surface area (Å²) in [5.74, 6) is 0.587. The van der Waals surface area contributed by atoms with E-state index in [1.165, 1.54) is 7.11 Å². The SMILES string of the molecule is COC(=O)C(CC(C)C)Nc1nn(C)cc1N. The van der Waals surface area contributed by atoms with E-state index in [-0.39, 0.29) is 5.97 Å². The van der Waals surface area contributed by atoms with Crippen LogP contribution in [0.25, 0.3) is 0 Å². The van der Waals surface area contributed by atoms with E-state index in [1.54, 1.807) is 17.9 Å². The molecule has 0 aliphatic rings. The van der Waals surface area contributed by atoms with Crippen LogP contribution in [0.2, 0.25) is 0 Å². The average molecular weight is 240 g/mol. The van der Waals surface area contributed by atoms with Crippen LogP contribution in [0.4, 0.5) is 11.5 Å². The first-order valence-corrected chi connectivity index (χ1v) is 5.57. The van der Waals surface area contributed by atoms with E-state index in [0.717, 1.165) is 0 Å². The highest BCUT2D eigenvalue weighted by molar-refractivity contribution is 5.80. The first-order chi connectivity index (χ1) is 7.93. The minimum absolute atomic E-state index is 0.302. The Labute approximate surface area is 101 Å². The summed E-state index contributed by atoms with van der Waals surface area (Å²) in [7, 11) is 3.15. The monoisotopic (exact) mass is 240 g/mol. The number of esters is 1. The van der Waals surface area contributed by atoms with Gasteiger partial charge in [0.2, 0.25) is 0 Å². The van der Waals surface area contributed by atoms with Crippen LogP contribution in [0.1, 0.15) is 20.3 Å². The number of anilines is 2. The standard InChI is InChI=1S/C11H20N4O2/c1-7(2)5-9(11(16)17-4)13-10-8(12)6-15(3)14-10/h6-7,9H,5,12H2,1-4H3,(H,13,14). The normalized spacial score (nSPS) is 12.5.